The number of carboxylic acid groups (broad SMARTS) is 1. The predicted octanol–water partition coefficient (Wildman–Crippen LogP) is 6.12. The Morgan fingerprint density at radius 1 is 0.912 bits per heavy atom. The zero-order chi connectivity index (χ0) is 25.1. The number of hydrogen-bond acceptors (Lipinski definition) is 3. The molecular formula is C30H46O4. The van der Waals surface area contributed by atoms with Crippen LogP contribution in [0.1, 0.15) is 92.9 Å². The highest BCUT2D eigenvalue weighted by molar-refractivity contribution is 5.76. The summed E-state index contributed by atoms with van der Waals surface area (Å²) in [4.78, 5) is 25.2. The second-order valence-corrected chi connectivity index (χ2v) is 14.4. The fraction of sp³-hybridized carbons (Fsp3) is 0.867. The normalized spacial score (nSPS) is 55.4. The van der Waals surface area contributed by atoms with Crippen molar-refractivity contribution in [2.24, 2.45) is 62.6 Å². The molecule has 0 heterocycles. The van der Waals surface area contributed by atoms with Gasteiger partial charge in [0, 0.05) is 5.92 Å². The standard InChI is InChI=1S/C30H46O4/c1-17(2)18-10-13-30(25(33)34)15-14-27(5)19(23(18)30)8-9-22-28(27,6)12-11-21-26(3,4)24(32)20(16-31)29(21,22)7/h16,18-24,32H,1,8-15H2,2-7H3,(H,33,34)/t18-,19-,20-,21-,22+,23+,24-,27+,28+,29-,30-/m0/s1. The molecule has 0 amide bonds. The van der Waals surface area contributed by atoms with E-state index >= 15 is 0 Å². The van der Waals surface area contributed by atoms with Crippen molar-refractivity contribution in [3.63, 3.8) is 0 Å². The maximum Gasteiger partial charge on any atom is 0.309 e. The molecule has 5 aliphatic carbocycles. The SMILES string of the molecule is C=C(C)[C@@H]1CC[C@]2(C(=O)O)CC[C@]3(C)[C@@H](CC[C@H]4[C@@]5(C)[C@@H](C=O)[C@H](O)C(C)(C)[C@@H]5CC[C@]43C)[C@@H]12. The molecule has 0 aliphatic heterocycles. The Morgan fingerprint density at radius 2 is 1.59 bits per heavy atom. The van der Waals surface area contributed by atoms with E-state index in [0.29, 0.717) is 23.7 Å². The number of fused-ring (bicyclic) bond motifs is 7. The first-order valence-electron chi connectivity index (χ1n) is 13.8. The molecule has 0 spiro atoms. The number of aliphatic carboxylic acids is 1. The molecular weight excluding hydrogens is 424 g/mol. The van der Waals surface area contributed by atoms with Gasteiger partial charge in [-0.2, -0.15) is 0 Å². The summed E-state index contributed by atoms with van der Waals surface area (Å²) in [5.74, 6) is 0.617. The van der Waals surface area contributed by atoms with Crippen LogP contribution in [0.4, 0.5) is 0 Å². The van der Waals surface area contributed by atoms with Crippen molar-refractivity contribution >= 4 is 12.3 Å². The highest BCUT2D eigenvalue weighted by Crippen LogP contribution is 2.78. The van der Waals surface area contributed by atoms with Crippen molar-refractivity contribution in [2.45, 2.75) is 99.0 Å². The number of aliphatic hydroxyl groups is 1. The van der Waals surface area contributed by atoms with E-state index in [-0.39, 0.29) is 33.5 Å². The summed E-state index contributed by atoms with van der Waals surface area (Å²) in [6.45, 7) is 18.0. The molecule has 5 fully saturated rings. The van der Waals surface area contributed by atoms with Crippen LogP contribution >= 0.6 is 0 Å². The maximum absolute atomic E-state index is 12.8. The van der Waals surface area contributed by atoms with E-state index in [2.05, 4.69) is 48.1 Å². The largest absolute Gasteiger partial charge is 0.481 e. The lowest BCUT2D eigenvalue weighted by atomic mass is 9.34. The lowest BCUT2D eigenvalue weighted by Gasteiger charge is -2.70. The summed E-state index contributed by atoms with van der Waals surface area (Å²) in [6.07, 6.45) is 8.13. The number of allylic oxidation sites excluding steroid dienone is 1. The second kappa shape index (κ2) is 7.20. The molecule has 0 aromatic heterocycles. The van der Waals surface area contributed by atoms with Gasteiger partial charge < -0.3 is 15.0 Å². The van der Waals surface area contributed by atoms with Gasteiger partial charge in [-0.05, 0) is 110 Å². The van der Waals surface area contributed by atoms with Crippen LogP contribution in [0.2, 0.25) is 0 Å². The van der Waals surface area contributed by atoms with E-state index in [1.54, 1.807) is 0 Å². The Bertz CT molecular complexity index is 923. The summed E-state index contributed by atoms with van der Waals surface area (Å²) >= 11 is 0. The Balaban J connectivity index is 1.61. The van der Waals surface area contributed by atoms with Crippen LogP contribution in [0.5, 0.6) is 0 Å². The minimum Gasteiger partial charge on any atom is -0.481 e. The van der Waals surface area contributed by atoms with Gasteiger partial charge >= 0.3 is 5.97 Å². The summed E-state index contributed by atoms with van der Waals surface area (Å²) < 4.78 is 0. The van der Waals surface area contributed by atoms with Crippen molar-refractivity contribution in [3.8, 4) is 0 Å². The average Bonchev–Trinajstić information content (AvgIpc) is 3.22. The summed E-state index contributed by atoms with van der Waals surface area (Å²) in [5, 5.41) is 21.8. The zero-order valence-corrected chi connectivity index (χ0v) is 22.2. The van der Waals surface area contributed by atoms with Crippen molar-refractivity contribution in [1.29, 1.82) is 0 Å². The molecule has 4 nitrogen and oxygen atoms in total. The van der Waals surface area contributed by atoms with Gasteiger partial charge in [0.15, 0.2) is 0 Å². The molecule has 11 atom stereocenters. The lowest BCUT2D eigenvalue weighted by molar-refractivity contribution is -0.225. The first-order chi connectivity index (χ1) is 15.7. The van der Waals surface area contributed by atoms with Crippen LogP contribution in [0.25, 0.3) is 0 Å². The van der Waals surface area contributed by atoms with Crippen molar-refractivity contribution in [1.82, 2.24) is 0 Å². The van der Waals surface area contributed by atoms with Crippen LogP contribution < -0.4 is 0 Å². The molecule has 5 saturated carbocycles. The van der Waals surface area contributed by atoms with E-state index < -0.39 is 17.5 Å². The molecule has 0 aromatic rings. The van der Waals surface area contributed by atoms with Crippen molar-refractivity contribution < 1.29 is 19.8 Å². The molecule has 5 rings (SSSR count). The van der Waals surface area contributed by atoms with Gasteiger partial charge in [-0.25, -0.2) is 0 Å². The fourth-order valence-electron chi connectivity index (χ4n) is 11.7. The first-order valence-corrected chi connectivity index (χ1v) is 13.8. The zero-order valence-electron chi connectivity index (χ0n) is 22.2. The van der Waals surface area contributed by atoms with Crippen LogP contribution in [0.3, 0.4) is 0 Å². The fourth-order valence-corrected chi connectivity index (χ4v) is 11.7. The van der Waals surface area contributed by atoms with E-state index in [9.17, 15) is 19.8 Å². The van der Waals surface area contributed by atoms with E-state index in [1.165, 1.54) is 0 Å². The van der Waals surface area contributed by atoms with Crippen molar-refractivity contribution in [3.05, 3.63) is 12.2 Å². The molecule has 34 heavy (non-hydrogen) atoms. The number of aldehydes is 1. The molecule has 190 valence electrons. The third kappa shape index (κ3) is 2.55. The number of carboxylic acids is 1. The molecule has 5 aliphatic rings. The average molecular weight is 471 g/mol. The third-order valence-corrected chi connectivity index (χ3v) is 13.5. The third-order valence-electron chi connectivity index (χ3n) is 13.5. The maximum atomic E-state index is 12.8. The Hall–Kier alpha value is -1.16. The van der Waals surface area contributed by atoms with E-state index in [1.807, 2.05) is 0 Å². The van der Waals surface area contributed by atoms with E-state index in [4.69, 9.17) is 0 Å². The van der Waals surface area contributed by atoms with Crippen LogP contribution in [-0.2, 0) is 9.59 Å². The number of hydrogen-bond donors (Lipinski definition) is 2. The monoisotopic (exact) mass is 470 g/mol. The molecule has 2 N–H and O–H groups in total. The van der Waals surface area contributed by atoms with Gasteiger partial charge in [-0.3, -0.25) is 4.79 Å². The Labute approximate surface area is 206 Å². The van der Waals surface area contributed by atoms with Gasteiger partial charge in [0.25, 0.3) is 0 Å². The highest BCUT2D eigenvalue weighted by Gasteiger charge is 2.74. The number of carbonyl (C=O) groups excluding carboxylic acids is 1. The molecule has 0 saturated heterocycles. The molecule has 4 heteroatoms. The van der Waals surface area contributed by atoms with Gasteiger partial charge in [0.05, 0.1) is 11.5 Å². The van der Waals surface area contributed by atoms with Crippen molar-refractivity contribution in [2.75, 3.05) is 0 Å². The smallest absolute Gasteiger partial charge is 0.309 e. The molecule has 0 aromatic carbocycles. The lowest BCUT2D eigenvalue weighted by Crippen LogP contribution is -2.65. The minimum absolute atomic E-state index is 0.0371. The topological polar surface area (TPSA) is 74.6 Å². The number of carbonyl (C=O) groups is 2. The summed E-state index contributed by atoms with van der Waals surface area (Å²) in [7, 11) is 0. The second-order valence-electron chi connectivity index (χ2n) is 14.4. The quantitative estimate of drug-likeness (QED) is 0.385. The molecule has 0 bridgehead atoms. The van der Waals surface area contributed by atoms with Gasteiger partial charge in [-0.1, -0.05) is 46.8 Å². The first kappa shape index (κ1) is 24.5. The Kier molecular flexibility index (Phi) is 5.20. The van der Waals surface area contributed by atoms with Gasteiger partial charge in [0.1, 0.15) is 6.29 Å². The van der Waals surface area contributed by atoms with Crippen LogP contribution in [0.15, 0.2) is 12.2 Å². The van der Waals surface area contributed by atoms with Crippen LogP contribution in [0, 0.1) is 62.6 Å². The predicted molar refractivity (Wildman–Crippen MR) is 133 cm³/mol. The van der Waals surface area contributed by atoms with Gasteiger partial charge in [0.2, 0.25) is 0 Å². The Morgan fingerprint density at radius 3 is 2.18 bits per heavy atom. The highest BCUT2D eigenvalue weighted by atomic mass is 16.4. The summed E-state index contributed by atoms with van der Waals surface area (Å²) in [6, 6.07) is 0. The van der Waals surface area contributed by atoms with Crippen LogP contribution in [-0.4, -0.2) is 28.6 Å². The molecule has 0 unspecified atom stereocenters. The van der Waals surface area contributed by atoms with Gasteiger partial charge in [-0.15, -0.1) is 0 Å². The molecule has 0 radical (unpaired) electrons. The summed E-state index contributed by atoms with van der Waals surface area (Å²) in [5.41, 5.74) is 0.153. The number of aliphatic hydroxyl groups excluding tert-OH is 1. The number of rotatable bonds is 3. The van der Waals surface area contributed by atoms with E-state index in [0.717, 1.165) is 63.2 Å². The minimum atomic E-state index is -0.602.